The monoisotopic (exact) mass is 443 g/mol. The third kappa shape index (κ3) is 3.27. The minimum absolute atomic E-state index is 0.281. The molecule has 0 spiro atoms. The molecule has 33 heavy (non-hydrogen) atoms. The number of rotatable bonds is 3. The van der Waals surface area contributed by atoms with Gasteiger partial charge in [-0.1, -0.05) is 18.2 Å². The molecule has 3 aliphatic rings. The molecule has 0 radical (unpaired) electrons. The number of hydrogen-bond donors (Lipinski definition) is 0. The van der Waals surface area contributed by atoms with Crippen LogP contribution in [-0.2, 0) is 9.47 Å². The molecular formula is C26H25N3O4. The molecular weight excluding hydrogens is 418 g/mol. The molecule has 3 aromatic rings. The summed E-state index contributed by atoms with van der Waals surface area (Å²) in [5, 5.41) is 1.73. The number of carbonyl (C=O) groups excluding carboxylic acids is 2. The molecule has 0 unspecified atom stereocenters. The highest BCUT2D eigenvalue weighted by molar-refractivity contribution is 6.37. The van der Waals surface area contributed by atoms with Crippen LogP contribution in [0.15, 0.2) is 54.6 Å². The van der Waals surface area contributed by atoms with Crippen LogP contribution in [0.3, 0.4) is 0 Å². The number of para-hydroxylation sites is 1. The van der Waals surface area contributed by atoms with Gasteiger partial charge in [-0.15, -0.1) is 0 Å². The molecule has 2 amide bonds. The number of imide groups is 1. The van der Waals surface area contributed by atoms with Crippen molar-refractivity contribution in [2.45, 2.75) is 0 Å². The first kappa shape index (κ1) is 20.2. The fourth-order valence-corrected chi connectivity index (χ4v) is 5.10. The number of morpholine rings is 2. The maximum absolute atomic E-state index is 13.6. The second kappa shape index (κ2) is 8.17. The van der Waals surface area contributed by atoms with Crippen molar-refractivity contribution < 1.29 is 19.1 Å². The lowest BCUT2D eigenvalue weighted by molar-refractivity contribution is 0.0893. The molecule has 3 aliphatic heterocycles. The molecule has 0 atom stereocenters. The van der Waals surface area contributed by atoms with Crippen molar-refractivity contribution in [1.82, 2.24) is 0 Å². The summed E-state index contributed by atoms with van der Waals surface area (Å²) in [6, 6.07) is 17.0. The number of amides is 2. The molecule has 0 aliphatic carbocycles. The number of ether oxygens (including phenoxy) is 2. The minimum Gasteiger partial charge on any atom is -0.378 e. The van der Waals surface area contributed by atoms with Crippen molar-refractivity contribution >= 4 is 39.6 Å². The molecule has 6 rings (SSSR count). The average molecular weight is 444 g/mol. The van der Waals surface area contributed by atoms with E-state index in [1.807, 2.05) is 42.5 Å². The second-order valence-corrected chi connectivity index (χ2v) is 8.49. The van der Waals surface area contributed by atoms with E-state index in [4.69, 9.17) is 9.47 Å². The fraction of sp³-hybridized carbons (Fsp3) is 0.308. The summed E-state index contributed by atoms with van der Waals surface area (Å²) in [5.74, 6) is -0.562. The molecule has 3 aromatic carbocycles. The maximum Gasteiger partial charge on any atom is 0.265 e. The number of hydrogen-bond acceptors (Lipinski definition) is 6. The van der Waals surface area contributed by atoms with Gasteiger partial charge in [0.25, 0.3) is 11.8 Å². The summed E-state index contributed by atoms with van der Waals surface area (Å²) in [6.45, 7) is 5.76. The van der Waals surface area contributed by atoms with E-state index < -0.39 is 0 Å². The Morgan fingerprint density at radius 1 is 0.576 bits per heavy atom. The summed E-state index contributed by atoms with van der Waals surface area (Å²) < 4.78 is 11.1. The average Bonchev–Trinajstić information content (AvgIpc) is 2.88. The van der Waals surface area contributed by atoms with Crippen LogP contribution in [0.4, 0.5) is 17.1 Å². The highest BCUT2D eigenvalue weighted by Gasteiger charge is 2.36. The Morgan fingerprint density at radius 3 is 1.55 bits per heavy atom. The predicted octanol–water partition coefficient (Wildman–Crippen LogP) is 3.31. The molecule has 2 fully saturated rings. The molecule has 0 N–H and O–H groups in total. The van der Waals surface area contributed by atoms with Gasteiger partial charge in [-0.2, -0.15) is 0 Å². The van der Waals surface area contributed by atoms with Crippen molar-refractivity contribution in [2.75, 3.05) is 67.3 Å². The lowest BCUT2D eigenvalue weighted by atomic mass is 9.90. The van der Waals surface area contributed by atoms with Crippen molar-refractivity contribution in [3.05, 3.63) is 65.7 Å². The SMILES string of the molecule is O=C1c2ccc(N3CCOCC3)c3c(N4CCOCC4)ccc(c23)C(=O)N1c1ccccc1. The van der Waals surface area contributed by atoms with Gasteiger partial charge >= 0.3 is 0 Å². The molecule has 2 saturated heterocycles. The lowest BCUT2D eigenvalue weighted by Gasteiger charge is -2.36. The van der Waals surface area contributed by atoms with Crippen LogP contribution in [0, 0.1) is 0 Å². The van der Waals surface area contributed by atoms with E-state index in [1.54, 1.807) is 12.1 Å². The van der Waals surface area contributed by atoms with E-state index in [1.165, 1.54) is 4.90 Å². The van der Waals surface area contributed by atoms with Gasteiger partial charge in [-0.3, -0.25) is 9.59 Å². The fourth-order valence-electron chi connectivity index (χ4n) is 5.10. The van der Waals surface area contributed by atoms with Crippen LogP contribution in [0.25, 0.3) is 10.8 Å². The third-order valence-corrected chi connectivity index (χ3v) is 6.70. The predicted molar refractivity (Wildman–Crippen MR) is 128 cm³/mol. The topological polar surface area (TPSA) is 62.3 Å². The molecule has 0 bridgehead atoms. The van der Waals surface area contributed by atoms with E-state index in [0.29, 0.717) is 43.2 Å². The van der Waals surface area contributed by atoms with Crippen molar-refractivity contribution in [1.29, 1.82) is 0 Å². The van der Waals surface area contributed by atoms with E-state index in [0.717, 1.165) is 48.3 Å². The summed E-state index contributed by atoms with van der Waals surface area (Å²) >= 11 is 0. The summed E-state index contributed by atoms with van der Waals surface area (Å²) in [7, 11) is 0. The maximum atomic E-state index is 13.6. The summed E-state index contributed by atoms with van der Waals surface area (Å²) in [6.07, 6.45) is 0. The number of benzene rings is 3. The van der Waals surface area contributed by atoms with Crippen LogP contribution in [0.5, 0.6) is 0 Å². The first-order valence-corrected chi connectivity index (χ1v) is 11.4. The van der Waals surface area contributed by atoms with Gasteiger partial charge in [0.15, 0.2) is 0 Å². The molecule has 0 saturated carbocycles. The van der Waals surface area contributed by atoms with E-state index in [2.05, 4.69) is 9.80 Å². The minimum atomic E-state index is -0.281. The van der Waals surface area contributed by atoms with Gasteiger partial charge in [0.05, 0.1) is 32.1 Å². The number of anilines is 3. The van der Waals surface area contributed by atoms with E-state index >= 15 is 0 Å². The highest BCUT2D eigenvalue weighted by Crippen LogP contribution is 2.42. The number of nitrogens with zero attached hydrogens (tertiary/aromatic N) is 3. The largest absolute Gasteiger partial charge is 0.378 e. The zero-order valence-corrected chi connectivity index (χ0v) is 18.3. The van der Waals surface area contributed by atoms with Gasteiger partial charge in [0.1, 0.15) is 0 Å². The molecule has 7 heteroatoms. The van der Waals surface area contributed by atoms with E-state index in [-0.39, 0.29) is 11.8 Å². The summed E-state index contributed by atoms with van der Waals surface area (Å²) in [4.78, 5) is 33.1. The Labute approximate surface area is 192 Å². The Balaban J connectivity index is 1.58. The molecule has 0 aromatic heterocycles. The zero-order chi connectivity index (χ0) is 22.4. The lowest BCUT2D eigenvalue weighted by Crippen LogP contribution is -2.41. The first-order chi connectivity index (χ1) is 16.2. The zero-order valence-electron chi connectivity index (χ0n) is 18.3. The van der Waals surface area contributed by atoms with Crippen LogP contribution in [0.1, 0.15) is 20.7 Å². The molecule has 168 valence electrons. The van der Waals surface area contributed by atoms with Gasteiger partial charge in [0, 0.05) is 59.5 Å². The Bertz CT molecular complexity index is 1160. The highest BCUT2D eigenvalue weighted by atomic mass is 16.5. The first-order valence-electron chi connectivity index (χ1n) is 11.4. The van der Waals surface area contributed by atoms with Gasteiger partial charge < -0.3 is 19.3 Å². The van der Waals surface area contributed by atoms with Gasteiger partial charge in [-0.25, -0.2) is 4.90 Å². The normalized spacial score (nSPS) is 18.8. The van der Waals surface area contributed by atoms with Crippen molar-refractivity contribution in [3.63, 3.8) is 0 Å². The van der Waals surface area contributed by atoms with Crippen LogP contribution in [0.2, 0.25) is 0 Å². The smallest absolute Gasteiger partial charge is 0.265 e. The van der Waals surface area contributed by atoms with Crippen LogP contribution >= 0.6 is 0 Å². The Morgan fingerprint density at radius 2 is 1.06 bits per heavy atom. The van der Waals surface area contributed by atoms with Crippen molar-refractivity contribution in [3.8, 4) is 0 Å². The van der Waals surface area contributed by atoms with Crippen LogP contribution in [-0.4, -0.2) is 64.4 Å². The third-order valence-electron chi connectivity index (χ3n) is 6.70. The quantitative estimate of drug-likeness (QED) is 0.579. The second-order valence-electron chi connectivity index (χ2n) is 8.49. The van der Waals surface area contributed by atoms with Crippen molar-refractivity contribution in [2.24, 2.45) is 0 Å². The van der Waals surface area contributed by atoms with E-state index in [9.17, 15) is 9.59 Å². The van der Waals surface area contributed by atoms with Gasteiger partial charge in [0.2, 0.25) is 0 Å². The van der Waals surface area contributed by atoms with Crippen LogP contribution < -0.4 is 14.7 Å². The Hall–Kier alpha value is -3.42. The van der Waals surface area contributed by atoms with Gasteiger partial charge in [-0.05, 0) is 36.4 Å². The standard InChI is InChI=1S/C26H25N3O4/c30-25-19-6-8-21(27-10-14-32-15-11-27)24-22(28-12-16-33-17-13-28)9-7-20(23(19)24)26(31)29(25)18-4-2-1-3-5-18/h1-9H,10-17H2. The summed E-state index contributed by atoms with van der Waals surface area (Å²) in [5.41, 5.74) is 3.82. The number of carbonyl (C=O) groups is 2. The Kier molecular flexibility index (Phi) is 5.00. The molecule has 7 nitrogen and oxygen atoms in total. The molecule has 3 heterocycles.